The Bertz CT molecular complexity index is 370. The van der Waals surface area contributed by atoms with Crippen LogP contribution in [0.5, 0.6) is 0 Å². The standard InChI is InChI=1S/C15H18O2Te/c1-3-10-16-12-14(17-11-4-2)13-18-15-8-6-5-7-9-15/h2-3,5-9,14H,1,10-13H2. The first-order chi connectivity index (χ1) is 8.86. The van der Waals surface area contributed by atoms with Gasteiger partial charge in [-0.2, -0.15) is 0 Å². The Morgan fingerprint density at radius 1 is 1.39 bits per heavy atom. The quantitative estimate of drug-likeness (QED) is 0.289. The second kappa shape index (κ2) is 10.2. The van der Waals surface area contributed by atoms with Crippen LogP contribution in [-0.4, -0.2) is 46.8 Å². The number of ether oxygens (including phenoxy) is 2. The van der Waals surface area contributed by atoms with Crippen molar-refractivity contribution in [3.8, 4) is 12.3 Å². The molecule has 0 amide bonds. The van der Waals surface area contributed by atoms with Gasteiger partial charge >= 0.3 is 120 Å². The summed E-state index contributed by atoms with van der Waals surface area (Å²) < 4.78 is 13.5. The molecule has 0 aliphatic carbocycles. The minimum atomic E-state index is -0.238. The topological polar surface area (TPSA) is 18.5 Å². The molecule has 0 bridgehead atoms. The van der Waals surface area contributed by atoms with Crippen LogP contribution in [0.15, 0.2) is 43.0 Å². The molecule has 0 radical (unpaired) electrons. The summed E-state index contributed by atoms with van der Waals surface area (Å²) in [6, 6.07) is 10.5. The number of benzene rings is 1. The number of hydrogen-bond acceptors (Lipinski definition) is 2. The van der Waals surface area contributed by atoms with Crippen LogP contribution in [0.1, 0.15) is 0 Å². The summed E-state index contributed by atoms with van der Waals surface area (Å²) in [7, 11) is 0. The van der Waals surface area contributed by atoms with Gasteiger partial charge in [0, 0.05) is 0 Å². The van der Waals surface area contributed by atoms with Gasteiger partial charge < -0.3 is 0 Å². The third-order valence-corrected chi connectivity index (χ3v) is 5.39. The van der Waals surface area contributed by atoms with Crippen molar-refractivity contribution in [3.63, 3.8) is 0 Å². The van der Waals surface area contributed by atoms with E-state index < -0.39 is 0 Å². The number of terminal acetylenes is 1. The zero-order chi connectivity index (χ0) is 13.1. The predicted octanol–water partition coefficient (Wildman–Crippen LogP) is 1.66. The molecule has 1 aromatic rings. The van der Waals surface area contributed by atoms with Crippen LogP contribution < -0.4 is 3.61 Å². The van der Waals surface area contributed by atoms with E-state index >= 15 is 0 Å². The van der Waals surface area contributed by atoms with Gasteiger partial charge in [-0.25, -0.2) is 0 Å². The second-order valence-electron chi connectivity index (χ2n) is 3.59. The van der Waals surface area contributed by atoms with Gasteiger partial charge in [-0.15, -0.1) is 0 Å². The van der Waals surface area contributed by atoms with E-state index in [-0.39, 0.29) is 27.0 Å². The third-order valence-electron chi connectivity index (χ3n) is 2.12. The number of hydrogen-bond donors (Lipinski definition) is 0. The van der Waals surface area contributed by atoms with Gasteiger partial charge in [0.05, 0.1) is 0 Å². The second-order valence-corrected chi connectivity index (χ2v) is 6.71. The van der Waals surface area contributed by atoms with Gasteiger partial charge in [0.2, 0.25) is 0 Å². The van der Waals surface area contributed by atoms with E-state index in [0.29, 0.717) is 19.8 Å². The molecule has 1 unspecified atom stereocenters. The van der Waals surface area contributed by atoms with Gasteiger partial charge in [-0.1, -0.05) is 0 Å². The van der Waals surface area contributed by atoms with E-state index in [1.807, 2.05) is 6.07 Å². The minimum absolute atomic E-state index is 0.101. The molecule has 1 rings (SSSR count). The average Bonchev–Trinajstić information content (AvgIpc) is 2.42. The monoisotopic (exact) mass is 360 g/mol. The van der Waals surface area contributed by atoms with Crippen molar-refractivity contribution in [1.29, 1.82) is 0 Å². The molecule has 0 spiro atoms. The zero-order valence-corrected chi connectivity index (χ0v) is 12.7. The Morgan fingerprint density at radius 3 is 2.83 bits per heavy atom. The maximum absolute atomic E-state index is 5.60. The SMILES string of the molecule is C#CCOC(COCC=C)C[Te]c1ccccc1. The normalized spacial score (nSPS) is 11.7. The summed E-state index contributed by atoms with van der Waals surface area (Å²) in [5.41, 5.74) is 0. The van der Waals surface area contributed by atoms with Crippen molar-refractivity contribution in [3.05, 3.63) is 43.0 Å². The van der Waals surface area contributed by atoms with E-state index in [1.165, 1.54) is 3.61 Å². The molecular weight excluding hydrogens is 340 g/mol. The number of rotatable bonds is 9. The first kappa shape index (κ1) is 15.3. The molecule has 0 saturated heterocycles. The zero-order valence-electron chi connectivity index (χ0n) is 10.4. The molecule has 0 aliphatic heterocycles. The van der Waals surface area contributed by atoms with E-state index in [2.05, 4.69) is 36.8 Å². The van der Waals surface area contributed by atoms with E-state index in [4.69, 9.17) is 15.9 Å². The molecule has 0 fully saturated rings. The molecule has 0 saturated carbocycles. The molecule has 1 atom stereocenters. The molecule has 0 aliphatic rings. The summed E-state index contributed by atoms with van der Waals surface area (Å²) in [5.74, 6) is 2.50. The van der Waals surface area contributed by atoms with Gasteiger partial charge in [0.15, 0.2) is 0 Å². The fourth-order valence-corrected chi connectivity index (χ4v) is 3.93. The molecule has 96 valence electrons. The van der Waals surface area contributed by atoms with Crippen molar-refractivity contribution < 1.29 is 9.47 Å². The average molecular weight is 358 g/mol. The Kier molecular flexibility index (Phi) is 8.65. The Morgan fingerprint density at radius 2 is 2.17 bits per heavy atom. The van der Waals surface area contributed by atoms with E-state index in [0.717, 1.165) is 4.47 Å². The summed E-state index contributed by atoms with van der Waals surface area (Å²) in [4.78, 5) is 0. The van der Waals surface area contributed by atoms with Crippen molar-refractivity contribution in [1.82, 2.24) is 0 Å². The van der Waals surface area contributed by atoms with Crippen LogP contribution in [-0.2, 0) is 9.47 Å². The first-order valence-corrected chi connectivity index (χ1v) is 8.59. The van der Waals surface area contributed by atoms with Gasteiger partial charge in [0.25, 0.3) is 0 Å². The van der Waals surface area contributed by atoms with Crippen LogP contribution in [0.4, 0.5) is 0 Å². The van der Waals surface area contributed by atoms with Crippen LogP contribution >= 0.6 is 0 Å². The van der Waals surface area contributed by atoms with Crippen LogP contribution in [0.25, 0.3) is 0 Å². The van der Waals surface area contributed by atoms with Crippen molar-refractivity contribution in [2.45, 2.75) is 10.6 Å². The Labute approximate surface area is 119 Å². The maximum atomic E-state index is 5.60. The molecule has 2 nitrogen and oxygen atoms in total. The van der Waals surface area contributed by atoms with Crippen LogP contribution in [0, 0.1) is 12.3 Å². The van der Waals surface area contributed by atoms with Crippen LogP contribution in [0.3, 0.4) is 0 Å². The molecule has 3 heteroatoms. The Balaban J connectivity index is 2.35. The summed E-state index contributed by atoms with van der Waals surface area (Å²) in [5, 5.41) is 0. The van der Waals surface area contributed by atoms with Crippen LogP contribution in [0.2, 0.25) is 4.47 Å². The fourth-order valence-electron chi connectivity index (χ4n) is 1.30. The molecule has 0 aromatic heterocycles. The molecule has 18 heavy (non-hydrogen) atoms. The predicted molar refractivity (Wildman–Crippen MR) is 76.2 cm³/mol. The van der Waals surface area contributed by atoms with Gasteiger partial charge in [-0.3, -0.25) is 0 Å². The third kappa shape index (κ3) is 6.84. The Hall–Kier alpha value is -0.770. The first-order valence-electron chi connectivity index (χ1n) is 5.78. The molecule has 1 aromatic carbocycles. The van der Waals surface area contributed by atoms with Gasteiger partial charge in [0.1, 0.15) is 0 Å². The molecule has 0 N–H and O–H groups in total. The summed E-state index contributed by atoms with van der Waals surface area (Å²) >= 11 is -0.238. The molecular formula is C15H18O2Te. The van der Waals surface area contributed by atoms with Crippen molar-refractivity contribution in [2.75, 3.05) is 19.8 Å². The van der Waals surface area contributed by atoms with Crippen molar-refractivity contribution in [2.24, 2.45) is 0 Å². The van der Waals surface area contributed by atoms with Gasteiger partial charge in [-0.05, 0) is 0 Å². The molecule has 0 heterocycles. The van der Waals surface area contributed by atoms with E-state index in [1.54, 1.807) is 6.08 Å². The van der Waals surface area contributed by atoms with Crippen molar-refractivity contribution >= 4 is 24.5 Å². The fraction of sp³-hybridized carbons (Fsp3) is 0.333. The van der Waals surface area contributed by atoms with E-state index in [9.17, 15) is 0 Å². The summed E-state index contributed by atoms with van der Waals surface area (Å²) in [6.45, 7) is 5.12. The summed E-state index contributed by atoms with van der Waals surface area (Å²) in [6.07, 6.45) is 7.06.